The van der Waals surface area contributed by atoms with Crippen molar-refractivity contribution in [1.29, 1.82) is 0 Å². The second-order valence-corrected chi connectivity index (χ2v) is 8.05. The summed E-state index contributed by atoms with van der Waals surface area (Å²) in [5, 5.41) is 4.68. The second kappa shape index (κ2) is 8.65. The van der Waals surface area contributed by atoms with Crippen LogP contribution in [-0.2, 0) is 6.42 Å². The van der Waals surface area contributed by atoms with Crippen molar-refractivity contribution in [1.82, 2.24) is 15.2 Å². The van der Waals surface area contributed by atoms with Crippen molar-refractivity contribution in [3.63, 3.8) is 0 Å². The van der Waals surface area contributed by atoms with Gasteiger partial charge in [0.05, 0.1) is 5.01 Å². The molecule has 130 valence electrons. The van der Waals surface area contributed by atoms with Crippen molar-refractivity contribution < 1.29 is 0 Å². The molecule has 0 amide bonds. The minimum atomic E-state index is 0. The summed E-state index contributed by atoms with van der Waals surface area (Å²) < 4.78 is 0. The number of nitrogens with one attached hydrogen (secondary N) is 1. The fourth-order valence-corrected chi connectivity index (χ4v) is 4.63. The van der Waals surface area contributed by atoms with Gasteiger partial charge in [-0.2, -0.15) is 0 Å². The van der Waals surface area contributed by atoms with Gasteiger partial charge in [0.25, 0.3) is 0 Å². The average Bonchev–Trinajstić information content (AvgIpc) is 3.22. The van der Waals surface area contributed by atoms with Gasteiger partial charge in [-0.15, -0.1) is 35.3 Å². The van der Waals surface area contributed by atoms with Crippen molar-refractivity contribution in [2.24, 2.45) is 10.4 Å². The fraction of sp³-hybridized carbons (Fsp3) is 0.765. The molecule has 0 aromatic carbocycles. The van der Waals surface area contributed by atoms with Crippen LogP contribution in [0.1, 0.15) is 48.9 Å². The molecule has 1 saturated carbocycles. The Morgan fingerprint density at radius 1 is 1.39 bits per heavy atom. The Morgan fingerprint density at radius 2 is 2.17 bits per heavy atom. The normalized spacial score (nSPS) is 20.1. The smallest absolute Gasteiger partial charge is 0.193 e. The van der Waals surface area contributed by atoms with E-state index in [0.29, 0.717) is 5.41 Å². The summed E-state index contributed by atoms with van der Waals surface area (Å²) >= 11 is 1.79. The van der Waals surface area contributed by atoms with E-state index in [1.54, 1.807) is 11.3 Å². The van der Waals surface area contributed by atoms with E-state index in [2.05, 4.69) is 29.0 Å². The second-order valence-electron chi connectivity index (χ2n) is 6.73. The van der Waals surface area contributed by atoms with Crippen LogP contribution in [0.25, 0.3) is 0 Å². The average molecular weight is 448 g/mol. The van der Waals surface area contributed by atoms with Crippen LogP contribution in [-0.4, -0.2) is 42.0 Å². The maximum absolute atomic E-state index is 4.85. The highest BCUT2D eigenvalue weighted by atomic mass is 127. The van der Waals surface area contributed by atoms with E-state index < -0.39 is 0 Å². The Hall–Kier alpha value is -0.370. The number of nitrogens with zero attached hydrogens (tertiary/aromatic N) is 3. The number of aryl methyl sites for hydroxylation is 1. The largest absolute Gasteiger partial charge is 0.357 e. The Balaban J connectivity index is 0.00000192. The van der Waals surface area contributed by atoms with Gasteiger partial charge in [0.2, 0.25) is 0 Å². The number of hydrogen-bond donors (Lipinski definition) is 1. The number of aliphatic imine (C=N–C) groups is 1. The molecule has 2 heterocycles. The lowest BCUT2D eigenvalue weighted by Crippen LogP contribution is -2.41. The molecular weight excluding hydrogens is 419 g/mol. The van der Waals surface area contributed by atoms with E-state index >= 15 is 0 Å². The first kappa shape index (κ1) is 19.0. The zero-order chi connectivity index (χ0) is 15.4. The molecular formula is C17H29IN4S. The molecule has 1 aliphatic heterocycles. The standard InChI is InChI=1S/C17H28N4S.HI/c1-3-18-16(19-10-6-15-20-12-14(2)22-15)21-11-9-17(13-21)7-4-5-8-17;/h12H,3-11,13H2,1-2H3,(H,18,19);1H. The van der Waals surface area contributed by atoms with Crippen LogP contribution >= 0.6 is 35.3 Å². The number of aromatic nitrogens is 1. The predicted molar refractivity (Wildman–Crippen MR) is 109 cm³/mol. The number of guanidine groups is 1. The highest BCUT2D eigenvalue weighted by molar-refractivity contribution is 14.0. The maximum Gasteiger partial charge on any atom is 0.193 e. The molecule has 2 fully saturated rings. The van der Waals surface area contributed by atoms with Crippen LogP contribution < -0.4 is 5.32 Å². The monoisotopic (exact) mass is 448 g/mol. The zero-order valence-electron chi connectivity index (χ0n) is 14.3. The topological polar surface area (TPSA) is 40.5 Å². The molecule has 0 bridgehead atoms. The van der Waals surface area contributed by atoms with Gasteiger partial charge in [-0.05, 0) is 38.5 Å². The third-order valence-electron chi connectivity index (χ3n) is 4.99. The van der Waals surface area contributed by atoms with Crippen molar-refractivity contribution >= 4 is 41.3 Å². The van der Waals surface area contributed by atoms with E-state index in [0.717, 1.165) is 25.5 Å². The molecule has 1 aromatic heterocycles. The number of rotatable bonds is 4. The van der Waals surface area contributed by atoms with Crippen molar-refractivity contribution in [3.8, 4) is 0 Å². The highest BCUT2D eigenvalue weighted by Crippen LogP contribution is 2.45. The van der Waals surface area contributed by atoms with Crippen LogP contribution in [0, 0.1) is 12.3 Å². The molecule has 0 unspecified atom stereocenters. The van der Waals surface area contributed by atoms with Gasteiger partial charge < -0.3 is 10.2 Å². The van der Waals surface area contributed by atoms with E-state index in [1.165, 1.54) is 55.1 Å². The van der Waals surface area contributed by atoms with Crippen LogP contribution in [0.15, 0.2) is 11.2 Å². The third kappa shape index (κ3) is 4.81. The highest BCUT2D eigenvalue weighted by Gasteiger charge is 2.41. The lowest BCUT2D eigenvalue weighted by molar-refractivity contribution is 0.309. The molecule has 1 N–H and O–H groups in total. The van der Waals surface area contributed by atoms with Gasteiger partial charge in [-0.1, -0.05) is 12.8 Å². The van der Waals surface area contributed by atoms with E-state index in [-0.39, 0.29) is 24.0 Å². The SMILES string of the molecule is CCNC(=NCCc1ncc(C)s1)N1CCC2(CCCC2)C1.I. The van der Waals surface area contributed by atoms with Crippen LogP contribution in [0.2, 0.25) is 0 Å². The summed E-state index contributed by atoms with van der Waals surface area (Å²) in [5.41, 5.74) is 0.600. The third-order valence-corrected chi connectivity index (χ3v) is 5.97. The Kier molecular flexibility index (Phi) is 7.13. The van der Waals surface area contributed by atoms with Crippen LogP contribution in [0.5, 0.6) is 0 Å². The summed E-state index contributed by atoms with van der Waals surface area (Å²) in [7, 11) is 0. The lowest BCUT2D eigenvalue weighted by Gasteiger charge is -2.25. The maximum atomic E-state index is 4.85. The quantitative estimate of drug-likeness (QED) is 0.432. The molecule has 4 nitrogen and oxygen atoms in total. The van der Waals surface area contributed by atoms with Gasteiger partial charge in [0, 0.05) is 43.7 Å². The first-order chi connectivity index (χ1) is 10.7. The van der Waals surface area contributed by atoms with E-state index in [4.69, 9.17) is 4.99 Å². The molecule has 6 heteroatoms. The Morgan fingerprint density at radius 3 is 2.83 bits per heavy atom. The van der Waals surface area contributed by atoms with Crippen LogP contribution in [0.4, 0.5) is 0 Å². The van der Waals surface area contributed by atoms with Crippen molar-refractivity contribution in [2.75, 3.05) is 26.2 Å². The predicted octanol–water partition coefficient (Wildman–Crippen LogP) is 3.84. The van der Waals surface area contributed by atoms with Crippen molar-refractivity contribution in [2.45, 2.75) is 52.4 Å². The molecule has 1 spiro atoms. The minimum Gasteiger partial charge on any atom is -0.357 e. The summed E-state index contributed by atoms with van der Waals surface area (Å²) in [6.07, 6.45) is 9.94. The Bertz CT molecular complexity index is 522. The van der Waals surface area contributed by atoms with Gasteiger partial charge >= 0.3 is 0 Å². The number of thiazole rings is 1. The first-order valence-corrected chi connectivity index (χ1v) is 9.47. The molecule has 0 radical (unpaired) electrons. The molecule has 0 atom stereocenters. The summed E-state index contributed by atoms with van der Waals surface area (Å²) in [6, 6.07) is 0. The fourth-order valence-electron chi connectivity index (χ4n) is 3.85. The van der Waals surface area contributed by atoms with Gasteiger partial charge in [-0.25, -0.2) is 4.98 Å². The molecule has 23 heavy (non-hydrogen) atoms. The summed E-state index contributed by atoms with van der Waals surface area (Å²) in [5.74, 6) is 1.11. The molecule has 3 rings (SSSR count). The van der Waals surface area contributed by atoms with Crippen molar-refractivity contribution in [3.05, 3.63) is 16.1 Å². The Labute approximate surface area is 161 Å². The van der Waals surface area contributed by atoms with Gasteiger partial charge in [0.15, 0.2) is 5.96 Å². The lowest BCUT2D eigenvalue weighted by atomic mass is 9.86. The van der Waals surface area contributed by atoms with E-state index in [1.807, 2.05) is 6.20 Å². The minimum absolute atomic E-state index is 0. The number of likely N-dealkylation sites (tertiary alicyclic amines) is 1. The number of halogens is 1. The first-order valence-electron chi connectivity index (χ1n) is 8.65. The van der Waals surface area contributed by atoms with Crippen LogP contribution in [0.3, 0.4) is 0 Å². The summed E-state index contributed by atoms with van der Waals surface area (Å²) in [6.45, 7) is 8.41. The zero-order valence-corrected chi connectivity index (χ0v) is 17.5. The number of hydrogen-bond acceptors (Lipinski definition) is 3. The molecule has 2 aliphatic rings. The molecule has 1 aliphatic carbocycles. The molecule has 1 aromatic rings. The summed E-state index contributed by atoms with van der Waals surface area (Å²) in [4.78, 5) is 13.1. The van der Waals surface area contributed by atoms with Gasteiger partial charge in [-0.3, -0.25) is 4.99 Å². The molecule has 1 saturated heterocycles. The van der Waals surface area contributed by atoms with Gasteiger partial charge in [0.1, 0.15) is 0 Å². The van der Waals surface area contributed by atoms with E-state index in [9.17, 15) is 0 Å².